The molecule has 0 fully saturated rings. The Morgan fingerprint density at radius 3 is 2.63 bits per heavy atom. The van der Waals surface area contributed by atoms with Crippen molar-refractivity contribution in [2.75, 3.05) is 11.4 Å². The smallest absolute Gasteiger partial charge is 0.212 e. The Kier molecular flexibility index (Phi) is 4.18. The van der Waals surface area contributed by atoms with Gasteiger partial charge < -0.3 is 4.90 Å². The molecule has 0 atom stereocenters. The van der Waals surface area contributed by atoms with Crippen molar-refractivity contribution in [2.24, 2.45) is 0 Å². The molecule has 2 nitrogen and oxygen atoms in total. The van der Waals surface area contributed by atoms with Crippen LogP contribution in [0.5, 0.6) is 0 Å². The predicted octanol–water partition coefficient (Wildman–Crippen LogP) is 6.29. The van der Waals surface area contributed by atoms with E-state index in [4.69, 9.17) is 0 Å². The van der Waals surface area contributed by atoms with Gasteiger partial charge in [-0.3, -0.25) is 0 Å². The number of pyridine rings is 1. The molecule has 0 spiro atoms. The standard InChI is InChI=1S/C23H21N2S2/c1-3-24-17(14-13-16-9-5-7-11-19(16)24)15-21-25(4-2)23-22(27-21)18-10-6-8-12-20(18)26-23/h5-15H,3-4H2,1-2H3/q+1. The van der Waals surface area contributed by atoms with Gasteiger partial charge in [0, 0.05) is 40.2 Å². The Morgan fingerprint density at radius 1 is 0.963 bits per heavy atom. The van der Waals surface area contributed by atoms with Crippen molar-refractivity contribution in [3.8, 4) is 0 Å². The summed E-state index contributed by atoms with van der Waals surface area (Å²) in [6, 6.07) is 21.9. The van der Waals surface area contributed by atoms with Crippen LogP contribution in [0, 0.1) is 0 Å². The van der Waals surface area contributed by atoms with E-state index in [1.807, 2.05) is 23.1 Å². The summed E-state index contributed by atoms with van der Waals surface area (Å²) in [5, 5.41) is 5.38. The third-order valence-corrected chi connectivity index (χ3v) is 7.61. The molecule has 5 rings (SSSR count). The molecule has 27 heavy (non-hydrogen) atoms. The number of aryl methyl sites for hydroxylation is 1. The van der Waals surface area contributed by atoms with Gasteiger partial charge in [-0.25, -0.2) is 0 Å². The number of thiophene rings is 1. The largest absolute Gasteiger partial charge is 0.327 e. The molecule has 2 aromatic carbocycles. The second kappa shape index (κ2) is 6.70. The van der Waals surface area contributed by atoms with Crippen LogP contribution in [-0.4, -0.2) is 6.54 Å². The van der Waals surface area contributed by atoms with E-state index >= 15 is 0 Å². The van der Waals surface area contributed by atoms with E-state index in [1.54, 1.807) is 0 Å². The van der Waals surface area contributed by atoms with Crippen molar-refractivity contribution >= 4 is 55.2 Å². The van der Waals surface area contributed by atoms with Crippen LogP contribution >= 0.6 is 23.1 Å². The van der Waals surface area contributed by atoms with E-state index in [1.165, 1.54) is 41.6 Å². The Morgan fingerprint density at radius 2 is 1.78 bits per heavy atom. The highest BCUT2D eigenvalue weighted by atomic mass is 32.2. The number of para-hydroxylation sites is 1. The van der Waals surface area contributed by atoms with Crippen molar-refractivity contribution in [1.82, 2.24) is 0 Å². The number of thioether (sulfide) groups is 1. The fourth-order valence-corrected chi connectivity index (χ4v) is 6.59. The van der Waals surface area contributed by atoms with Crippen LogP contribution in [0.4, 0.5) is 5.00 Å². The average Bonchev–Trinajstić information content (AvgIpc) is 3.23. The van der Waals surface area contributed by atoms with Gasteiger partial charge in [0.2, 0.25) is 11.2 Å². The van der Waals surface area contributed by atoms with Crippen molar-refractivity contribution in [2.45, 2.75) is 25.3 Å². The number of aromatic nitrogens is 1. The molecule has 0 N–H and O–H groups in total. The Bertz CT molecular complexity index is 1190. The summed E-state index contributed by atoms with van der Waals surface area (Å²) in [6.07, 6.45) is 2.35. The molecule has 0 bridgehead atoms. The number of anilines is 1. The zero-order valence-corrected chi connectivity index (χ0v) is 17.1. The lowest BCUT2D eigenvalue weighted by Gasteiger charge is -2.16. The molecular formula is C23H21N2S2+. The van der Waals surface area contributed by atoms with Crippen molar-refractivity contribution < 1.29 is 4.57 Å². The van der Waals surface area contributed by atoms with E-state index in [-0.39, 0.29) is 0 Å². The molecule has 0 saturated carbocycles. The highest BCUT2D eigenvalue weighted by molar-refractivity contribution is 8.04. The van der Waals surface area contributed by atoms with Gasteiger partial charge in [-0.1, -0.05) is 42.1 Å². The summed E-state index contributed by atoms with van der Waals surface area (Å²) in [5.41, 5.74) is 2.55. The second-order valence-electron chi connectivity index (χ2n) is 6.62. The lowest BCUT2D eigenvalue weighted by atomic mass is 10.2. The number of hydrogen-bond acceptors (Lipinski definition) is 3. The van der Waals surface area contributed by atoms with Gasteiger partial charge in [0.15, 0.2) is 0 Å². The zero-order valence-electron chi connectivity index (χ0n) is 15.5. The molecule has 0 saturated heterocycles. The molecule has 1 aliphatic rings. The van der Waals surface area contributed by atoms with E-state index in [9.17, 15) is 0 Å². The SMILES string of the molecule is CCN1C(=Cc2ccc3ccccc3[n+]2CC)Sc2c1sc1ccccc21. The first kappa shape index (κ1) is 16.8. The maximum atomic E-state index is 2.46. The average molecular weight is 390 g/mol. The summed E-state index contributed by atoms with van der Waals surface area (Å²) >= 11 is 3.81. The maximum Gasteiger partial charge on any atom is 0.212 e. The molecule has 0 amide bonds. The number of nitrogens with zero attached hydrogens (tertiary/aromatic N) is 2. The molecule has 0 radical (unpaired) electrons. The first-order valence-electron chi connectivity index (χ1n) is 9.40. The van der Waals surface area contributed by atoms with Crippen LogP contribution in [0.1, 0.15) is 19.5 Å². The predicted molar refractivity (Wildman–Crippen MR) is 118 cm³/mol. The van der Waals surface area contributed by atoms with Crippen LogP contribution in [0.2, 0.25) is 0 Å². The van der Waals surface area contributed by atoms with Crippen molar-refractivity contribution in [1.29, 1.82) is 0 Å². The van der Waals surface area contributed by atoms with Gasteiger partial charge in [-0.05, 0) is 32.0 Å². The first-order chi connectivity index (χ1) is 13.3. The van der Waals surface area contributed by atoms with Crippen LogP contribution in [0.15, 0.2) is 70.6 Å². The van der Waals surface area contributed by atoms with Crippen molar-refractivity contribution in [3.63, 3.8) is 0 Å². The summed E-state index contributed by atoms with van der Waals surface area (Å²) < 4.78 is 3.78. The molecule has 0 aliphatic carbocycles. The zero-order chi connectivity index (χ0) is 18.4. The molecule has 4 aromatic rings. The third kappa shape index (κ3) is 2.67. The second-order valence-corrected chi connectivity index (χ2v) is 8.68. The molecule has 0 unspecified atom stereocenters. The lowest BCUT2D eigenvalue weighted by Crippen LogP contribution is -2.36. The van der Waals surface area contributed by atoms with Gasteiger partial charge in [0.25, 0.3) is 0 Å². The van der Waals surface area contributed by atoms with Gasteiger partial charge in [0.1, 0.15) is 11.5 Å². The van der Waals surface area contributed by atoms with E-state index < -0.39 is 0 Å². The molecule has 134 valence electrons. The number of fused-ring (bicyclic) bond motifs is 4. The molecule has 1 aliphatic heterocycles. The van der Waals surface area contributed by atoms with Crippen LogP contribution in [-0.2, 0) is 6.54 Å². The highest BCUT2D eigenvalue weighted by Gasteiger charge is 2.29. The van der Waals surface area contributed by atoms with Gasteiger partial charge in [-0.15, -0.1) is 11.3 Å². The van der Waals surface area contributed by atoms with E-state index in [2.05, 4.69) is 90.1 Å². The topological polar surface area (TPSA) is 7.12 Å². The van der Waals surface area contributed by atoms with Crippen molar-refractivity contribution in [3.05, 3.63) is 71.4 Å². The van der Waals surface area contributed by atoms with Crippen LogP contribution < -0.4 is 9.47 Å². The monoisotopic (exact) mass is 389 g/mol. The summed E-state index contributed by atoms with van der Waals surface area (Å²) in [4.78, 5) is 3.87. The minimum atomic E-state index is 0.960. The summed E-state index contributed by atoms with van der Waals surface area (Å²) in [6.45, 7) is 6.40. The van der Waals surface area contributed by atoms with Gasteiger partial charge >= 0.3 is 0 Å². The van der Waals surface area contributed by atoms with Crippen LogP contribution in [0.3, 0.4) is 0 Å². The maximum absolute atomic E-state index is 2.46. The fraction of sp³-hybridized carbons (Fsp3) is 0.174. The lowest BCUT2D eigenvalue weighted by molar-refractivity contribution is -0.669. The van der Waals surface area contributed by atoms with E-state index in [0.29, 0.717) is 0 Å². The van der Waals surface area contributed by atoms with Crippen LogP contribution in [0.25, 0.3) is 27.1 Å². The number of benzene rings is 2. The molecule has 2 aromatic heterocycles. The third-order valence-electron chi connectivity index (χ3n) is 5.13. The Balaban J connectivity index is 1.64. The van der Waals surface area contributed by atoms with E-state index in [0.717, 1.165) is 13.1 Å². The quantitative estimate of drug-likeness (QED) is 0.380. The summed E-state index contributed by atoms with van der Waals surface area (Å²) in [7, 11) is 0. The van der Waals surface area contributed by atoms with Gasteiger partial charge in [0.05, 0.1) is 9.92 Å². The first-order valence-corrected chi connectivity index (χ1v) is 11.0. The molecular weight excluding hydrogens is 368 g/mol. The highest BCUT2D eigenvalue weighted by Crippen LogP contribution is 2.54. The molecule has 3 heterocycles. The minimum absolute atomic E-state index is 0.960. The number of hydrogen-bond donors (Lipinski definition) is 0. The number of rotatable bonds is 3. The minimum Gasteiger partial charge on any atom is -0.327 e. The normalized spacial score (nSPS) is 15.2. The fourth-order valence-electron chi connectivity index (χ4n) is 3.84. The Labute approximate surface area is 167 Å². The summed E-state index contributed by atoms with van der Waals surface area (Å²) in [5.74, 6) is 0. The Hall–Kier alpha value is -2.30. The molecule has 4 heteroatoms. The van der Waals surface area contributed by atoms with Gasteiger partial charge in [-0.2, -0.15) is 4.57 Å².